The van der Waals surface area contributed by atoms with Gasteiger partial charge in [0, 0.05) is 12.5 Å². The first-order chi connectivity index (χ1) is 25.4. The number of aliphatic carboxylic acids is 1. The van der Waals surface area contributed by atoms with Crippen molar-refractivity contribution in [1.29, 1.82) is 0 Å². The Morgan fingerprint density at radius 1 is 0.712 bits per heavy atom. The van der Waals surface area contributed by atoms with Crippen LogP contribution < -0.4 is 16.1 Å². The lowest BCUT2D eigenvalue weighted by molar-refractivity contribution is -0.139. The normalized spacial score (nSPS) is 12.7. The fourth-order valence-corrected chi connectivity index (χ4v) is 6.86. The van der Waals surface area contributed by atoms with E-state index in [1.807, 2.05) is 116 Å². The minimum absolute atomic E-state index is 0.0952. The highest BCUT2D eigenvalue weighted by Gasteiger charge is 2.37. The highest BCUT2D eigenvalue weighted by atomic mass is 16.6. The molecule has 0 spiro atoms. The van der Waals surface area contributed by atoms with Crippen LogP contribution in [0.5, 0.6) is 0 Å². The summed E-state index contributed by atoms with van der Waals surface area (Å²) in [5.74, 6) is -1.59. The standard InChI is InChI=1S/C43H43N3O6/c1-30-23-25-33(26-24-30)43(31-14-4-2-5-15-31,32-16-6-3-7-17-32)46-52-29-40(47)44-27-13-12-22-39(41(48)49)45-42(50)51-28-38-36-20-10-8-18-34(36)35-19-9-11-21-37(35)38/h2-11,14-21,23-26,38-39,46H,12-13,22,27-29H2,1H3,(H,44,47)(H,45,50)(H,48,49)/t39-/m0/s1. The molecule has 0 aliphatic heterocycles. The summed E-state index contributed by atoms with van der Waals surface area (Å²) in [6.45, 7) is 2.21. The maximum absolute atomic E-state index is 12.8. The van der Waals surface area contributed by atoms with E-state index in [4.69, 9.17) is 9.57 Å². The van der Waals surface area contributed by atoms with Crippen LogP contribution in [0.3, 0.4) is 0 Å². The SMILES string of the molecule is Cc1ccc(C(NOCC(=O)NCCCC[C@H](NC(=O)OCC2c3ccccc3-c3ccccc32)C(=O)O)(c2ccccc2)c2ccccc2)cc1. The molecule has 6 rings (SSSR count). The molecule has 1 atom stereocenters. The van der Waals surface area contributed by atoms with Crippen LogP contribution in [-0.4, -0.2) is 48.9 Å². The van der Waals surface area contributed by atoms with Crippen molar-refractivity contribution in [3.63, 3.8) is 0 Å². The molecule has 266 valence electrons. The summed E-state index contributed by atoms with van der Waals surface area (Å²) in [6.07, 6.45) is 0.371. The van der Waals surface area contributed by atoms with Gasteiger partial charge in [-0.25, -0.2) is 9.59 Å². The summed E-state index contributed by atoms with van der Waals surface area (Å²) in [5.41, 5.74) is 10.7. The van der Waals surface area contributed by atoms with E-state index < -0.39 is 23.6 Å². The zero-order valence-electron chi connectivity index (χ0n) is 29.1. The minimum atomic E-state index is -1.15. The molecule has 0 bridgehead atoms. The van der Waals surface area contributed by atoms with Crippen LogP contribution in [0.25, 0.3) is 11.1 Å². The second-order valence-corrected chi connectivity index (χ2v) is 12.9. The predicted molar refractivity (Wildman–Crippen MR) is 200 cm³/mol. The third kappa shape index (κ3) is 8.23. The largest absolute Gasteiger partial charge is 0.480 e. The van der Waals surface area contributed by atoms with Crippen molar-refractivity contribution in [2.45, 2.75) is 43.7 Å². The molecule has 0 heterocycles. The first-order valence-electron chi connectivity index (χ1n) is 17.5. The van der Waals surface area contributed by atoms with Crippen molar-refractivity contribution in [2.24, 2.45) is 0 Å². The van der Waals surface area contributed by atoms with Gasteiger partial charge in [-0.2, -0.15) is 5.48 Å². The first-order valence-corrected chi connectivity index (χ1v) is 17.5. The quantitative estimate of drug-likeness (QED) is 0.0493. The van der Waals surface area contributed by atoms with Crippen molar-refractivity contribution < 1.29 is 29.1 Å². The van der Waals surface area contributed by atoms with Gasteiger partial charge in [-0.05, 0) is 65.1 Å². The average molecular weight is 698 g/mol. The van der Waals surface area contributed by atoms with Gasteiger partial charge < -0.3 is 20.5 Å². The average Bonchev–Trinajstić information content (AvgIpc) is 3.49. The number of hydroxylamine groups is 1. The molecule has 9 heteroatoms. The fourth-order valence-electron chi connectivity index (χ4n) is 6.86. The van der Waals surface area contributed by atoms with Crippen LogP contribution in [0.2, 0.25) is 0 Å². The molecular formula is C43H43N3O6. The summed E-state index contributed by atoms with van der Waals surface area (Å²) < 4.78 is 5.54. The van der Waals surface area contributed by atoms with Crippen molar-refractivity contribution in [2.75, 3.05) is 19.8 Å². The van der Waals surface area contributed by atoms with E-state index in [1.165, 1.54) is 0 Å². The van der Waals surface area contributed by atoms with Gasteiger partial charge in [-0.15, -0.1) is 0 Å². The summed E-state index contributed by atoms with van der Waals surface area (Å²) in [6, 6.07) is 43.0. The Bertz CT molecular complexity index is 1880. The molecule has 0 unspecified atom stereocenters. The van der Waals surface area contributed by atoms with Crippen LogP contribution in [0.15, 0.2) is 133 Å². The number of nitrogens with one attached hydrogen (secondary N) is 3. The summed E-state index contributed by atoms with van der Waals surface area (Å²) in [4.78, 5) is 43.4. The van der Waals surface area contributed by atoms with Crippen LogP contribution in [0.1, 0.15) is 58.6 Å². The minimum Gasteiger partial charge on any atom is -0.480 e. The highest BCUT2D eigenvalue weighted by Crippen LogP contribution is 2.44. The molecular weight excluding hydrogens is 654 g/mol. The van der Waals surface area contributed by atoms with E-state index in [2.05, 4.69) is 40.4 Å². The third-order valence-electron chi connectivity index (χ3n) is 9.50. The number of hydrogen-bond donors (Lipinski definition) is 4. The van der Waals surface area contributed by atoms with E-state index in [0.717, 1.165) is 44.5 Å². The number of fused-ring (bicyclic) bond motifs is 3. The first kappa shape index (κ1) is 36.0. The summed E-state index contributed by atoms with van der Waals surface area (Å²) >= 11 is 0. The Kier molecular flexibility index (Phi) is 11.8. The smallest absolute Gasteiger partial charge is 0.407 e. The molecule has 5 aromatic carbocycles. The highest BCUT2D eigenvalue weighted by molar-refractivity contribution is 5.81. The molecule has 0 radical (unpaired) electrons. The molecule has 52 heavy (non-hydrogen) atoms. The number of carboxylic acid groups (broad SMARTS) is 1. The maximum Gasteiger partial charge on any atom is 0.407 e. The van der Waals surface area contributed by atoms with Gasteiger partial charge in [-0.3, -0.25) is 9.63 Å². The summed E-state index contributed by atoms with van der Waals surface area (Å²) in [5, 5.41) is 15.1. The van der Waals surface area contributed by atoms with Crippen LogP contribution in [0, 0.1) is 6.92 Å². The van der Waals surface area contributed by atoms with Crippen molar-refractivity contribution in [3.8, 4) is 11.1 Å². The molecule has 0 saturated heterocycles. The zero-order valence-corrected chi connectivity index (χ0v) is 29.1. The molecule has 9 nitrogen and oxygen atoms in total. The maximum atomic E-state index is 12.8. The molecule has 0 saturated carbocycles. The van der Waals surface area contributed by atoms with Gasteiger partial charge in [0.05, 0.1) is 0 Å². The Morgan fingerprint density at radius 2 is 1.25 bits per heavy atom. The lowest BCUT2D eigenvalue weighted by Gasteiger charge is -2.36. The number of ether oxygens (including phenoxy) is 1. The van der Waals surface area contributed by atoms with Gasteiger partial charge >= 0.3 is 12.1 Å². The number of carbonyl (C=O) groups is 3. The van der Waals surface area contributed by atoms with Crippen molar-refractivity contribution >= 4 is 18.0 Å². The van der Waals surface area contributed by atoms with Gasteiger partial charge in [0.25, 0.3) is 0 Å². The topological polar surface area (TPSA) is 126 Å². The number of alkyl carbamates (subject to hydrolysis) is 1. The van der Waals surface area contributed by atoms with Gasteiger partial charge in [-0.1, -0.05) is 139 Å². The molecule has 0 aromatic heterocycles. The second-order valence-electron chi connectivity index (χ2n) is 12.9. The molecule has 0 fully saturated rings. The molecule has 2 amide bonds. The van der Waals surface area contributed by atoms with E-state index in [0.29, 0.717) is 19.4 Å². The number of unbranched alkanes of at least 4 members (excludes halogenated alkanes) is 1. The molecule has 1 aliphatic carbocycles. The van der Waals surface area contributed by atoms with E-state index in [1.54, 1.807) is 0 Å². The second kappa shape index (κ2) is 17.0. The monoisotopic (exact) mass is 697 g/mol. The molecule has 5 aromatic rings. The van der Waals surface area contributed by atoms with Gasteiger partial charge in [0.15, 0.2) is 0 Å². The molecule has 4 N–H and O–H groups in total. The van der Waals surface area contributed by atoms with E-state index in [9.17, 15) is 19.5 Å². The number of rotatable bonds is 16. The number of benzene rings is 5. The van der Waals surface area contributed by atoms with Crippen LogP contribution >= 0.6 is 0 Å². The lowest BCUT2D eigenvalue weighted by Crippen LogP contribution is -2.46. The van der Waals surface area contributed by atoms with Crippen LogP contribution in [0.4, 0.5) is 4.79 Å². The lowest BCUT2D eigenvalue weighted by atomic mass is 9.77. The van der Waals surface area contributed by atoms with Crippen molar-refractivity contribution in [1.82, 2.24) is 16.1 Å². The fraction of sp³-hybridized carbons (Fsp3) is 0.233. The number of amides is 2. The van der Waals surface area contributed by atoms with Gasteiger partial charge in [0.1, 0.15) is 24.8 Å². The Hall–Kier alpha value is -5.77. The summed E-state index contributed by atoms with van der Waals surface area (Å²) in [7, 11) is 0. The number of carbonyl (C=O) groups excluding carboxylic acids is 2. The van der Waals surface area contributed by atoms with Crippen molar-refractivity contribution in [3.05, 3.63) is 167 Å². The van der Waals surface area contributed by atoms with E-state index >= 15 is 0 Å². The molecule has 1 aliphatic rings. The number of hydrogen-bond acceptors (Lipinski definition) is 6. The van der Waals surface area contributed by atoms with E-state index in [-0.39, 0.29) is 31.5 Å². The number of carboxylic acids is 1. The Labute approximate surface area is 304 Å². The Balaban J connectivity index is 0.974. The Morgan fingerprint density at radius 3 is 1.83 bits per heavy atom. The van der Waals surface area contributed by atoms with Gasteiger partial charge in [0.2, 0.25) is 5.91 Å². The number of aryl methyl sites for hydroxylation is 1. The third-order valence-corrected chi connectivity index (χ3v) is 9.50. The zero-order chi connectivity index (χ0) is 36.3. The predicted octanol–water partition coefficient (Wildman–Crippen LogP) is 7.09. The van der Waals surface area contributed by atoms with Crippen LogP contribution in [-0.2, 0) is 24.7 Å².